The summed E-state index contributed by atoms with van der Waals surface area (Å²) in [5, 5.41) is 7.25. The van der Waals surface area contributed by atoms with Crippen LogP contribution in [-0.4, -0.2) is 19.0 Å². The van der Waals surface area contributed by atoms with Crippen LogP contribution in [0.15, 0.2) is 21.1 Å². The first kappa shape index (κ1) is 13.3. The van der Waals surface area contributed by atoms with Crippen LogP contribution in [0.3, 0.4) is 0 Å². The first-order valence-corrected chi connectivity index (χ1v) is 6.08. The van der Waals surface area contributed by atoms with Crippen LogP contribution in [0.5, 0.6) is 11.5 Å². The van der Waals surface area contributed by atoms with Crippen molar-refractivity contribution in [1.82, 2.24) is 0 Å². The first-order chi connectivity index (χ1) is 7.45. The zero-order valence-corrected chi connectivity index (χ0v) is 12.1. The molecule has 0 bridgehead atoms. The van der Waals surface area contributed by atoms with Gasteiger partial charge in [0.1, 0.15) is 17.3 Å². The standard InChI is InChI=1S/C10H12Br2N2O2/c1-5(10(13)14)16-9-4-6(11)8(15-2)3-7(9)12/h3-5H,1-2H3,(H3,13,14). The van der Waals surface area contributed by atoms with Gasteiger partial charge in [0.05, 0.1) is 16.1 Å². The fourth-order valence-corrected chi connectivity index (χ4v) is 1.91. The molecule has 6 heteroatoms. The zero-order chi connectivity index (χ0) is 12.3. The molecule has 0 aliphatic rings. The minimum absolute atomic E-state index is 0.0150. The molecule has 0 heterocycles. The van der Waals surface area contributed by atoms with E-state index in [2.05, 4.69) is 31.9 Å². The SMILES string of the molecule is COc1cc(Br)c(OC(C)C(=N)N)cc1Br. The van der Waals surface area contributed by atoms with Gasteiger partial charge in [-0.3, -0.25) is 5.41 Å². The molecule has 0 saturated carbocycles. The minimum Gasteiger partial charge on any atom is -0.496 e. The quantitative estimate of drug-likeness (QED) is 0.647. The van der Waals surface area contributed by atoms with Crippen LogP contribution >= 0.6 is 31.9 Å². The van der Waals surface area contributed by atoms with Crippen molar-refractivity contribution in [3.8, 4) is 11.5 Å². The van der Waals surface area contributed by atoms with Gasteiger partial charge in [-0.25, -0.2) is 0 Å². The Morgan fingerprint density at radius 1 is 1.31 bits per heavy atom. The summed E-state index contributed by atoms with van der Waals surface area (Å²) in [6.45, 7) is 1.72. The Balaban J connectivity index is 2.98. The van der Waals surface area contributed by atoms with Crippen LogP contribution in [0.2, 0.25) is 0 Å². The lowest BCUT2D eigenvalue weighted by Gasteiger charge is -2.15. The van der Waals surface area contributed by atoms with E-state index in [4.69, 9.17) is 20.6 Å². The fraction of sp³-hybridized carbons (Fsp3) is 0.300. The molecular weight excluding hydrogens is 340 g/mol. The third-order valence-electron chi connectivity index (χ3n) is 1.95. The Morgan fingerprint density at radius 2 is 1.81 bits per heavy atom. The summed E-state index contributed by atoms with van der Waals surface area (Å²) in [4.78, 5) is 0. The summed E-state index contributed by atoms with van der Waals surface area (Å²) in [5.41, 5.74) is 5.33. The Morgan fingerprint density at radius 3 is 2.31 bits per heavy atom. The highest BCUT2D eigenvalue weighted by molar-refractivity contribution is 9.11. The second-order valence-corrected chi connectivity index (χ2v) is 4.84. The van der Waals surface area contributed by atoms with Gasteiger partial charge >= 0.3 is 0 Å². The Labute approximate surface area is 111 Å². The normalized spacial score (nSPS) is 12.0. The minimum atomic E-state index is -0.461. The summed E-state index contributed by atoms with van der Waals surface area (Å²) >= 11 is 6.72. The number of halogens is 2. The molecule has 16 heavy (non-hydrogen) atoms. The van der Waals surface area contributed by atoms with E-state index >= 15 is 0 Å². The number of rotatable bonds is 4. The van der Waals surface area contributed by atoms with Gasteiger partial charge in [0, 0.05) is 0 Å². The maximum atomic E-state index is 7.25. The summed E-state index contributed by atoms with van der Waals surface area (Å²) < 4.78 is 12.2. The lowest BCUT2D eigenvalue weighted by molar-refractivity contribution is 0.282. The van der Waals surface area contributed by atoms with Crippen LogP contribution in [-0.2, 0) is 0 Å². The molecule has 0 fully saturated rings. The highest BCUT2D eigenvalue weighted by Crippen LogP contribution is 2.36. The number of nitrogens with one attached hydrogen (secondary N) is 1. The van der Waals surface area contributed by atoms with Gasteiger partial charge in [-0.15, -0.1) is 0 Å². The third kappa shape index (κ3) is 3.12. The van der Waals surface area contributed by atoms with Crippen molar-refractivity contribution in [2.45, 2.75) is 13.0 Å². The predicted octanol–water partition coefficient (Wildman–Crippen LogP) is 2.92. The van der Waals surface area contributed by atoms with Crippen LogP contribution in [0, 0.1) is 5.41 Å². The van der Waals surface area contributed by atoms with Gasteiger partial charge in [-0.05, 0) is 50.9 Å². The summed E-state index contributed by atoms with van der Waals surface area (Å²) in [6.07, 6.45) is -0.461. The van der Waals surface area contributed by atoms with Gasteiger partial charge in [-0.1, -0.05) is 0 Å². The largest absolute Gasteiger partial charge is 0.496 e. The topological polar surface area (TPSA) is 68.3 Å². The van der Waals surface area contributed by atoms with Crippen molar-refractivity contribution >= 4 is 37.7 Å². The monoisotopic (exact) mass is 350 g/mol. The molecule has 1 aromatic carbocycles. The molecule has 0 saturated heterocycles. The molecule has 1 atom stereocenters. The molecule has 0 aromatic heterocycles. The molecule has 1 aromatic rings. The van der Waals surface area contributed by atoms with E-state index in [1.165, 1.54) is 0 Å². The Hall–Kier alpha value is -0.750. The predicted molar refractivity (Wildman–Crippen MR) is 70.4 cm³/mol. The molecule has 0 aliphatic heterocycles. The number of benzene rings is 1. The van der Waals surface area contributed by atoms with E-state index in [-0.39, 0.29) is 5.84 Å². The third-order valence-corrected chi connectivity index (χ3v) is 3.19. The second-order valence-electron chi connectivity index (χ2n) is 3.13. The lowest BCUT2D eigenvalue weighted by Crippen LogP contribution is -2.30. The molecule has 1 unspecified atom stereocenters. The van der Waals surface area contributed by atoms with Gasteiger partial charge in [0.15, 0.2) is 6.10 Å². The molecule has 0 spiro atoms. The number of methoxy groups -OCH3 is 1. The molecule has 4 nitrogen and oxygen atoms in total. The molecular formula is C10H12Br2N2O2. The fourth-order valence-electron chi connectivity index (χ4n) is 1.01. The first-order valence-electron chi connectivity index (χ1n) is 4.49. The van der Waals surface area contributed by atoms with Crippen molar-refractivity contribution in [1.29, 1.82) is 5.41 Å². The Bertz CT molecular complexity index is 410. The molecule has 1 rings (SSSR count). The van der Waals surface area contributed by atoms with E-state index in [0.717, 1.165) is 8.95 Å². The van der Waals surface area contributed by atoms with E-state index in [1.54, 1.807) is 26.2 Å². The van der Waals surface area contributed by atoms with Crippen molar-refractivity contribution in [3.63, 3.8) is 0 Å². The summed E-state index contributed by atoms with van der Waals surface area (Å²) in [7, 11) is 1.59. The second kappa shape index (κ2) is 5.54. The highest BCUT2D eigenvalue weighted by Gasteiger charge is 2.12. The molecule has 0 radical (unpaired) electrons. The van der Waals surface area contributed by atoms with E-state index < -0.39 is 6.10 Å². The average molecular weight is 352 g/mol. The number of amidine groups is 1. The van der Waals surface area contributed by atoms with Crippen molar-refractivity contribution in [2.75, 3.05) is 7.11 Å². The highest BCUT2D eigenvalue weighted by atomic mass is 79.9. The van der Waals surface area contributed by atoms with E-state index in [1.807, 2.05) is 0 Å². The number of hydrogen-bond acceptors (Lipinski definition) is 3. The van der Waals surface area contributed by atoms with E-state index in [9.17, 15) is 0 Å². The molecule has 0 aliphatic carbocycles. The molecule has 0 amide bonds. The number of nitrogens with two attached hydrogens (primary N) is 1. The van der Waals surface area contributed by atoms with Crippen LogP contribution in [0.4, 0.5) is 0 Å². The smallest absolute Gasteiger partial charge is 0.152 e. The number of hydrogen-bond donors (Lipinski definition) is 2. The maximum Gasteiger partial charge on any atom is 0.152 e. The average Bonchev–Trinajstić information content (AvgIpc) is 2.22. The number of ether oxygens (including phenoxy) is 2. The maximum absolute atomic E-state index is 7.25. The van der Waals surface area contributed by atoms with Crippen molar-refractivity contribution < 1.29 is 9.47 Å². The van der Waals surface area contributed by atoms with Crippen LogP contribution in [0.1, 0.15) is 6.92 Å². The van der Waals surface area contributed by atoms with Gasteiger partial charge in [-0.2, -0.15) is 0 Å². The van der Waals surface area contributed by atoms with Gasteiger partial charge in [0.2, 0.25) is 0 Å². The van der Waals surface area contributed by atoms with Gasteiger partial charge in [0.25, 0.3) is 0 Å². The van der Waals surface area contributed by atoms with Crippen LogP contribution < -0.4 is 15.2 Å². The lowest BCUT2D eigenvalue weighted by atomic mass is 10.3. The Kier molecular flexibility index (Phi) is 4.61. The van der Waals surface area contributed by atoms with Crippen molar-refractivity contribution in [2.24, 2.45) is 5.73 Å². The van der Waals surface area contributed by atoms with Gasteiger partial charge < -0.3 is 15.2 Å². The van der Waals surface area contributed by atoms with E-state index in [0.29, 0.717) is 11.5 Å². The van der Waals surface area contributed by atoms with Crippen LogP contribution in [0.25, 0.3) is 0 Å². The summed E-state index contributed by atoms with van der Waals surface area (Å²) in [6, 6.07) is 3.55. The molecule has 88 valence electrons. The van der Waals surface area contributed by atoms with Crippen molar-refractivity contribution in [3.05, 3.63) is 21.1 Å². The summed E-state index contributed by atoms with van der Waals surface area (Å²) in [5.74, 6) is 1.30. The zero-order valence-electron chi connectivity index (χ0n) is 8.88. The molecule has 3 N–H and O–H groups in total.